The van der Waals surface area contributed by atoms with Crippen molar-refractivity contribution >= 4 is 28.4 Å². The summed E-state index contributed by atoms with van der Waals surface area (Å²) < 4.78 is 10.0. The van der Waals surface area contributed by atoms with Crippen molar-refractivity contribution in [1.29, 1.82) is 0 Å². The van der Waals surface area contributed by atoms with E-state index in [2.05, 4.69) is 30.7 Å². The van der Waals surface area contributed by atoms with Gasteiger partial charge < -0.3 is 19.9 Å². The van der Waals surface area contributed by atoms with E-state index in [4.69, 9.17) is 4.74 Å². The molecule has 4 aromatic heterocycles. The fourth-order valence-corrected chi connectivity index (χ4v) is 3.85. The lowest BCUT2D eigenvalue weighted by Crippen LogP contribution is -2.18. The highest BCUT2D eigenvalue weighted by Crippen LogP contribution is 2.29. The van der Waals surface area contributed by atoms with Crippen LogP contribution in [-0.4, -0.2) is 35.8 Å². The van der Waals surface area contributed by atoms with Crippen LogP contribution in [0, 0.1) is 0 Å². The van der Waals surface area contributed by atoms with Gasteiger partial charge in [-0.15, -0.1) is 0 Å². The quantitative estimate of drug-likeness (QED) is 0.433. The normalized spacial score (nSPS) is 12.9. The lowest BCUT2D eigenvalue weighted by atomic mass is 10.2. The Balaban J connectivity index is 1.23. The van der Waals surface area contributed by atoms with Crippen molar-refractivity contribution in [1.82, 2.24) is 29.3 Å². The molecule has 5 heterocycles. The third-order valence-electron chi connectivity index (χ3n) is 5.34. The van der Waals surface area contributed by atoms with E-state index in [0.717, 1.165) is 47.7 Å². The fraction of sp³-hybridized carbons (Fsp3) is 0.130. The van der Waals surface area contributed by atoms with Gasteiger partial charge in [0.15, 0.2) is 0 Å². The molecule has 0 atom stereocenters. The minimum atomic E-state index is 0.452. The van der Waals surface area contributed by atoms with Gasteiger partial charge in [-0.2, -0.15) is 10.1 Å². The Hall–Kier alpha value is -4.40. The third kappa shape index (κ3) is 3.39. The summed E-state index contributed by atoms with van der Waals surface area (Å²) in [7, 11) is 0. The van der Waals surface area contributed by atoms with Gasteiger partial charge in [0.05, 0.1) is 11.7 Å². The number of aromatic nitrogens is 6. The van der Waals surface area contributed by atoms with E-state index in [0.29, 0.717) is 17.6 Å². The molecule has 0 aliphatic carbocycles. The summed E-state index contributed by atoms with van der Waals surface area (Å²) in [5, 5.41) is 12.0. The smallest absolute Gasteiger partial charge is 0.230 e. The number of fused-ring (bicyclic) bond motifs is 2. The molecule has 0 bridgehead atoms. The zero-order chi connectivity index (χ0) is 21.3. The molecule has 1 aliphatic rings. The molecular formula is C23H20N8O. The van der Waals surface area contributed by atoms with E-state index in [9.17, 15) is 0 Å². The van der Waals surface area contributed by atoms with E-state index < -0.39 is 0 Å². The number of nitrogens with zero attached hydrogens (tertiary/aromatic N) is 6. The van der Waals surface area contributed by atoms with Crippen molar-refractivity contribution in [2.45, 2.75) is 13.0 Å². The summed E-state index contributed by atoms with van der Waals surface area (Å²) in [4.78, 5) is 13.2. The second kappa shape index (κ2) is 7.69. The number of nitrogens with one attached hydrogen (secondary N) is 2. The standard InChI is InChI=1S/C23H20N8O/c1-2-9-24-20(4-1)30-13-8-16-14-17(5-6-19(16)30)32-21-7-11-26-23(29-21)28-18-15-27-31-12-3-10-25-22(18)31/h1-2,4-9,11,13-15,25H,3,10,12H2,(H,26,28,29). The minimum Gasteiger partial charge on any atom is -0.439 e. The molecule has 0 spiro atoms. The van der Waals surface area contributed by atoms with Gasteiger partial charge in [-0.3, -0.25) is 0 Å². The van der Waals surface area contributed by atoms with Gasteiger partial charge in [0.1, 0.15) is 23.1 Å². The highest BCUT2D eigenvalue weighted by Gasteiger charge is 2.15. The van der Waals surface area contributed by atoms with Gasteiger partial charge in [-0.1, -0.05) is 6.07 Å². The van der Waals surface area contributed by atoms with Gasteiger partial charge in [0.25, 0.3) is 0 Å². The van der Waals surface area contributed by atoms with Crippen molar-refractivity contribution < 1.29 is 4.74 Å². The summed E-state index contributed by atoms with van der Waals surface area (Å²) in [5.74, 6) is 3.44. The fourth-order valence-electron chi connectivity index (χ4n) is 3.85. The minimum absolute atomic E-state index is 0.452. The lowest BCUT2D eigenvalue weighted by molar-refractivity contribution is 0.463. The molecule has 9 heteroatoms. The number of benzene rings is 1. The van der Waals surface area contributed by atoms with Crippen molar-refractivity contribution in [2.24, 2.45) is 0 Å². The average Bonchev–Trinajstić information content (AvgIpc) is 3.44. The molecule has 0 fully saturated rings. The van der Waals surface area contributed by atoms with Crippen molar-refractivity contribution in [3.8, 4) is 17.4 Å². The number of aryl methyl sites for hydroxylation is 1. The Labute approximate surface area is 183 Å². The first-order valence-corrected chi connectivity index (χ1v) is 10.4. The van der Waals surface area contributed by atoms with Crippen molar-refractivity contribution in [2.75, 3.05) is 17.2 Å². The summed E-state index contributed by atoms with van der Waals surface area (Å²) in [6, 6.07) is 15.6. The Kier molecular flexibility index (Phi) is 4.42. The maximum atomic E-state index is 6.02. The molecule has 0 unspecified atom stereocenters. The second-order valence-corrected chi connectivity index (χ2v) is 7.45. The van der Waals surface area contributed by atoms with Crippen LogP contribution in [0.4, 0.5) is 17.5 Å². The molecule has 32 heavy (non-hydrogen) atoms. The number of ether oxygens (including phenoxy) is 1. The average molecular weight is 424 g/mol. The number of pyridine rings is 1. The Morgan fingerprint density at radius 1 is 1.03 bits per heavy atom. The summed E-state index contributed by atoms with van der Waals surface area (Å²) >= 11 is 0. The number of hydrogen-bond donors (Lipinski definition) is 2. The summed E-state index contributed by atoms with van der Waals surface area (Å²) in [5.41, 5.74) is 1.90. The number of hydrogen-bond acceptors (Lipinski definition) is 7. The zero-order valence-corrected chi connectivity index (χ0v) is 17.1. The molecule has 6 rings (SSSR count). The van der Waals surface area contributed by atoms with Crippen LogP contribution in [0.5, 0.6) is 11.6 Å². The number of rotatable bonds is 5. The molecule has 9 nitrogen and oxygen atoms in total. The Morgan fingerprint density at radius 2 is 2.03 bits per heavy atom. The summed E-state index contributed by atoms with van der Waals surface area (Å²) in [6.07, 6.45) is 8.30. The van der Waals surface area contributed by atoms with Gasteiger partial charge in [-0.25, -0.2) is 14.6 Å². The predicted octanol–water partition coefficient (Wildman–Crippen LogP) is 4.36. The largest absolute Gasteiger partial charge is 0.439 e. The molecule has 2 N–H and O–H groups in total. The molecule has 1 aliphatic heterocycles. The van der Waals surface area contributed by atoms with E-state index in [1.165, 1.54) is 0 Å². The van der Waals surface area contributed by atoms with Crippen LogP contribution >= 0.6 is 0 Å². The summed E-state index contributed by atoms with van der Waals surface area (Å²) in [6.45, 7) is 1.83. The molecule has 5 aromatic rings. The zero-order valence-electron chi connectivity index (χ0n) is 17.1. The highest BCUT2D eigenvalue weighted by atomic mass is 16.5. The first-order valence-electron chi connectivity index (χ1n) is 10.4. The highest BCUT2D eigenvalue weighted by molar-refractivity contribution is 5.83. The lowest BCUT2D eigenvalue weighted by Gasteiger charge is -2.17. The van der Waals surface area contributed by atoms with E-state index in [1.807, 2.05) is 57.9 Å². The van der Waals surface area contributed by atoms with Crippen LogP contribution in [0.25, 0.3) is 16.7 Å². The molecule has 0 saturated heterocycles. The van der Waals surface area contributed by atoms with Gasteiger partial charge in [-0.05, 0) is 42.8 Å². The maximum absolute atomic E-state index is 6.02. The van der Waals surface area contributed by atoms with Crippen LogP contribution in [0.15, 0.2) is 73.3 Å². The van der Waals surface area contributed by atoms with Crippen LogP contribution in [0.2, 0.25) is 0 Å². The molecule has 1 aromatic carbocycles. The van der Waals surface area contributed by atoms with Crippen LogP contribution in [0.3, 0.4) is 0 Å². The first-order chi connectivity index (χ1) is 15.8. The third-order valence-corrected chi connectivity index (χ3v) is 5.34. The molecule has 0 amide bonds. The van der Waals surface area contributed by atoms with E-state index in [-0.39, 0.29) is 0 Å². The maximum Gasteiger partial charge on any atom is 0.230 e. The van der Waals surface area contributed by atoms with Crippen LogP contribution in [-0.2, 0) is 6.54 Å². The number of anilines is 3. The Bertz CT molecular complexity index is 1390. The van der Waals surface area contributed by atoms with Gasteiger partial charge in [0.2, 0.25) is 11.8 Å². The first kappa shape index (κ1) is 18.4. The molecule has 158 valence electrons. The van der Waals surface area contributed by atoms with Crippen LogP contribution in [0.1, 0.15) is 6.42 Å². The monoisotopic (exact) mass is 424 g/mol. The topological polar surface area (TPSA) is 94.7 Å². The van der Waals surface area contributed by atoms with Gasteiger partial charge in [0, 0.05) is 43.1 Å². The molecule has 0 radical (unpaired) electrons. The van der Waals surface area contributed by atoms with Gasteiger partial charge >= 0.3 is 0 Å². The van der Waals surface area contributed by atoms with Crippen LogP contribution < -0.4 is 15.4 Å². The predicted molar refractivity (Wildman–Crippen MR) is 122 cm³/mol. The van der Waals surface area contributed by atoms with Crippen molar-refractivity contribution in [3.05, 3.63) is 73.3 Å². The Morgan fingerprint density at radius 3 is 2.97 bits per heavy atom. The second-order valence-electron chi connectivity index (χ2n) is 7.45. The van der Waals surface area contributed by atoms with E-state index in [1.54, 1.807) is 24.7 Å². The molecule has 0 saturated carbocycles. The SMILES string of the molecule is c1ccc(-n2ccc3cc(Oc4ccnc(Nc5cnn6c5NCCC6)n4)ccc32)nc1. The van der Waals surface area contributed by atoms with E-state index >= 15 is 0 Å². The van der Waals surface area contributed by atoms with Crippen molar-refractivity contribution in [3.63, 3.8) is 0 Å². The molecular weight excluding hydrogens is 404 g/mol.